The van der Waals surface area contributed by atoms with Crippen molar-refractivity contribution in [2.45, 2.75) is 12.3 Å². The molecule has 1 amide bonds. The number of hydrogen-bond donors (Lipinski definition) is 0. The van der Waals surface area contributed by atoms with Gasteiger partial charge in [-0.3, -0.25) is 19.1 Å². The van der Waals surface area contributed by atoms with Crippen LogP contribution in [0.3, 0.4) is 0 Å². The maximum Gasteiger partial charge on any atom is 0.308 e. The van der Waals surface area contributed by atoms with Crippen LogP contribution in [0.5, 0.6) is 17.2 Å². The van der Waals surface area contributed by atoms with Crippen LogP contribution < -0.4 is 24.0 Å². The summed E-state index contributed by atoms with van der Waals surface area (Å²) in [7, 11) is 3.17. The minimum Gasteiger partial charge on any atom is -0.493 e. The molecule has 1 atom stereocenters. The standard InChI is InChI=1S/C21H17FN2O5S/c1-23-20-19(30-21(23)26)14(9-17(25)24(20)13-5-3-12(22)4-6-13)11-7-15(27-2)18-16(8-11)28-10-29-18/h3-8,14H,9-10H2,1-2H3/t14-/m0/s1. The number of nitrogens with zero attached hydrogens (tertiary/aromatic N) is 2. The zero-order valence-electron chi connectivity index (χ0n) is 16.2. The molecule has 0 radical (unpaired) electrons. The van der Waals surface area contributed by atoms with Crippen LogP contribution in [0.1, 0.15) is 22.8 Å². The van der Waals surface area contributed by atoms with Crippen LogP contribution >= 0.6 is 11.3 Å². The van der Waals surface area contributed by atoms with Crippen molar-refractivity contribution >= 4 is 28.7 Å². The first-order valence-electron chi connectivity index (χ1n) is 9.23. The lowest BCUT2D eigenvalue weighted by Gasteiger charge is -2.32. The van der Waals surface area contributed by atoms with Gasteiger partial charge in [0.15, 0.2) is 11.5 Å². The highest BCUT2D eigenvalue weighted by atomic mass is 32.1. The van der Waals surface area contributed by atoms with Crippen LogP contribution in [0.15, 0.2) is 41.2 Å². The molecular weight excluding hydrogens is 411 g/mol. The molecule has 3 aromatic rings. The maximum absolute atomic E-state index is 13.4. The van der Waals surface area contributed by atoms with Crippen molar-refractivity contribution in [3.8, 4) is 17.2 Å². The SMILES string of the molecule is COc1cc([C@@H]2CC(=O)N(c3ccc(F)cc3)c3c2sc(=O)n3C)cc2c1OCO2. The second-order valence-electron chi connectivity index (χ2n) is 7.03. The molecule has 0 aliphatic carbocycles. The summed E-state index contributed by atoms with van der Waals surface area (Å²) in [5.41, 5.74) is 1.31. The molecule has 3 heterocycles. The number of halogens is 1. The van der Waals surface area contributed by atoms with Gasteiger partial charge in [-0.2, -0.15) is 0 Å². The van der Waals surface area contributed by atoms with Crippen molar-refractivity contribution in [1.82, 2.24) is 4.57 Å². The Balaban J connectivity index is 1.67. The summed E-state index contributed by atoms with van der Waals surface area (Å²) in [6.07, 6.45) is 0.146. The van der Waals surface area contributed by atoms with Gasteiger partial charge in [-0.05, 0) is 42.0 Å². The molecule has 9 heteroatoms. The summed E-state index contributed by atoms with van der Waals surface area (Å²) in [6, 6.07) is 9.28. The van der Waals surface area contributed by atoms with Crippen molar-refractivity contribution in [1.29, 1.82) is 0 Å². The molecule has 30 heavy (non-hydrogen) atoms. The van der Waals surface area contributed by atoms with Crippen LogP contribution in [0, 0.1) is 5.82 Å². The number of ether oxygens (including phenoxy) is 3. The van der Waals surface area contributed by atoms with E-state index in [1.165, 1.54) is 40.8 Å². The first kappa shape index (κ1) is 18.7. The number of amides is 1. The van der Waals surface area contributed by atoms with Gasteiger partial charge in [0.25, 0.3) is 0 Å². The van der Waals surface area contributed by atoms with E-state index in [9.17, 15) is 14.0 Å². The average molecular weight is 428 g/mol. The molecule has 0 unspecified atom stereocenters. The number of thiazole rings is 1. The molecule has 0 fully saturated rings. The van der Waals surface area contributed by atoms with Gasteiger partial charge in [0, 0.05) is 19.4 Å². The molecule has 0 spiro atoms. The van der Waals surface area contributed by atoms with E-state index in [0.717, 1.165) is 21.8 Å². The number of anilines is 2. The first-order chi connectivity index (χ1) is 14.5. The number of carbonyl (C=O) groups excluding carboxylic acids is 1. The third kappa shape index (κ3) is 2.77. The predicted octanol–water partition coefficient (Wildman–Crippen LogP) is 3.52. The highest BCUT2D eigenvalue weighted by Crippen LogP contribution is 2.49. The third-order valence-corrected chi connectivity index (χ3v) is 6.47. The normalized spacial score (nSPS) is 17.2. The van der Waals surface area contributed by atoms with Gasteiger partial charge in [0.1, 0.15) is 11.6 Å². The fourth-order valence-electron chi connectivity index (χ4n) is 3.90. The van der Waals surface area contributed by atoms with E-state index in [4.69, 9.17) is 14.2 Å². The number of aromatic nitrogens is 1. The lowest BCUT2D eigenvalue weighted by atomic mass is 9.90. The topological polar surface area (TPSA) is 70.0 Å². The van der Waals surface area contributed by atoms with E-state index < -0.39 is 5.82 Å². The quantitative estimate of drug-likeness (QED) is 0.639. The van der Waals surface area contributed by atoms with Gasteiger partial charge in [0.05, 0.1) is 17.7 Å². The van der Waals surface area contributed by atoms with Crippen LogP contribution in [-0.2, 0) is 11.8 Å². The van der Waals surface area contributed by atoms with Crippen LogP contribution in [-0.4, -0.2) is 24.4 Å². The Morgan fingerprint density at radius 2 is 1.93 bits per heavy atom. The second-order valence-corrected chi connectivity index (χ2v) is 8.03. The van der Waals surface area contributed by atoms with Gasteiger partial charge >= 0.3 is 4.87 Å². The van der Waals surface area contributed by atoms with Crippen LogP contribution in [0.2, 0.25) is 0 Å². The Kier molecular flexibility index (Phi) is 4.28. The van der Waals surface area contributed by atoms with Gasteiger partial charge in [-0.15, -0.1) is 0 Å². The van der Waals surface area contributed by atoms with E-state index in [-0.39, 0.29) is 29.9 Å². The molecule has 7 nitrogen and oxygen atoms in total. The summed E-state index contributed by atoms with van der Waals surface area (Å²) in [5.74, 6) is 1.15. The molecule has 154 valence electrons. The molecule has 0 N–H and O–H groups in total. The Labute approximate surface area is 174 Å². The molecule has 2 aliphatic rings. The lowest BCUT2D eigenvalue weighted by Crippen LogP contribution is -2.34. The van der Waals surface area contributed by atoms with Crippen molar-refractivity contribution < 1.29 is 23.4 Å². The first-order valence-corrected chi connectivity index (χ1v) is 10.1. The van der Waals surface area contributed by atoms with E-state index in [1.54, 1.807) is 7.05 Å². The van der Waals surface area contributed by atoms with E-state index in [1.807, 2.05) is 12.1 Å². The Hall–Kier alpha value is -3.33. The van der Waals surface area contributed by atoms with Gasteiger partial charge in [-0.1, -0.05) is 11.3 Å². The summed E-state index contributed by atoms with van der Waals surface area (Å²) < 4.78 is 31.3. The maximum atomic E-state index is 13.4. The summed E-state index contributed by atoms with van der Waals surface area (Å²) >= 11 is 1.10. The van der Waals surface area contributed by atoms with Crippen molar-refractivity contribution in [2.75, 3.05) is 18.8 Å². The highest BCUT2D eigenvalue weighted by molar-refractivity contribution is 7.10. The zero-order chi connectivity index (χ0) is 21.0. The van der Waals surface area contributed by atoms with Crippen LogP contribution in [0.25, 0.3) is 0 Å². The van der Waals surface area contributed by atoms with Crippen molar-refractivity contribution in [2.24, 2.45) is 7.05 Å². The summed E-state index contributed by atoms with van der Waals surface area (Å²) in [6.45, 7) is 0.0982. The Morgan fingerprint density at radius 3 is 2.67 bits per heavy atom. The average Bonchev–Trinajstić information content (AvgIpc) is 3.33. The van der Waals surface area contributed by atoms with Crippen molar-refractivity contribution in [3.05, 3.63) is 62.3 Å². The summed E-state index contributed by atoms with van der Waals surface area (Å²) in [5, 5.41) is 0. The number of methoxy groups -OCH3 is 1. The monoisotopic (exact) mass is 428 g/mol. The third-order valence-electron chi connectivity index (χ3n) is 5.33. The lowest BCUT2D eigenvalue weighted by molar-refractivity contribution is -0.118. The van der Waals surface area contributed by atoms with Crippen molar-refractivity contribution in [3.63, 3.8) is 0 Å². The molecule has 1 aromatic heterocycles. The number of carbonyl (C=O) groups is 1. The number of rotatable bonds is 3. The molecule has 0 bridgehead atoms. The molecular formula is C21H17FN2O5S. The predicted molar refractivity (Wildman–Crippen MR) is 109 cm³/mol. The fourth-order valence-corrected chi connectivity index (χ4v) is 4.99. The minimum absolute atomic E-state index is 0.0982. The van der Waals surface area contributed by atoms with Gasteiger partial charge in [-0.25, -0.2) is 4.39 Å². The number of hydrogen-bond acceptors (Lipinski definition) is 6. The fraction of sp³-hybridized carbons (Fsp3) is 0.238. The van der Waals surface area contributed by atoms with E-state index in [2.05, 4.69) is 0 Å². The smallest absolute Gasteiger partial charge is 0.308 e. The second kappa shape index (κ2) is 6.88. The molecule has 2 aromatic carbocycles. The van der Waals surface area contributed by atoms with Gasteiger partial charge < -0.3 is 14.2 Å². The van der Waals surface area contributed by atoms with Gasteiger partial charge in [0.2, 0.25) is 18.4 Å². The molecule has 2 aliphatic heterocycles. The largest absolute Gasteiger partial charge is 0.493 e. The highest BCUT2D eigenvalue weighted by Gasteiger charge is 2.38. The number of fused-ring (bicyclic) bond motifs is 2. The zero-order valence-corrected chi connectivity index (χ0v) is 17.0. The minimum atomic E-state index is -0.395. The molecule has 0 saturated carbocycles. The number of benzene rings is 2. The van der Waals surface area contributed by atoms with Crippen LogP contribution in [0.4, 0.5) is 15.9 Å². The summed E-state index contributed by atoms with van der Waals surface area (Å²) in [4.78, 5) is 27.8. The van der Waals surface area contributed by atoms with E-state index >= 15 is 0 Å². The Morgan fingerprint density at radius 1 is 1.17 bits per heavy atom. The molecule has 0 saturated heterocycles. The van der Waals surface area contributed by atoms with E-state index in [0.29, 0.717) is 28.8 Å². The molecule has 5 rings (SSSR count). The Bertz CT molecular complexity index is 1220.